The van der Waals surface area contributed by atoms with Crippen LogP contribution in [0.5, 0.6) is 0 Å². The van der Waals surface area contributed by atoms with Gasteiger partial charge in [-0.05, 0) is 25.4 Å². The van der Waals surface area contributed by atoms with Crippen molar-refractivity contribution in [3.63, 3.8) is 0 Å². The summed E-state index contributed by atoms with van der Waals surface area (Å²) in [4.78, 5) is 11.4. The van der Waals surface area contributed by atoms with Crippen LogP contribution < -0.4 is 10.6 Å². The van der Waals surface area contributed by atoms with Crippen LogP contribution in [0.15, 0.2) is 0 Å². The topological polar surface area (TPSA) is 61.4 Å². The summed E-state index contributed by atoms with van der Waals surface area (Å²) in [5, 5.41) is 14.5. The van der Waals surface area contributed by atoms with Crippen LogP contribution in [0.1, 0.15) is 13.3 Å². The highest BCUT2D eigenvalue weighted by atomic mass is 16.3. The molecular formula is C9H18N2O2. The maximum Gasteiger partial charge on any atom is 0.223 e. The molecule has 1 rings (SSSR count). The maximum absolute atomic E-state index is 11.4. The Morgan fingerprint density at radius 1 is 1.69 bits per heavy atom. The van der Waals surface area contributed by atoms with Crippen molar-refractivity contribution in [2.75, 3.05) is 26.2 Å². The van der Waals surface area contributed by atoms with E-state index in [0.29, 0.717) is 18.9 Å². The predicted octanol–water partition coefficient (Wildman–Crippen LogP) is -0.659. The zero-order valence-electron chi connectivity index (χ0n) is 8.05. The summed E-state index contributed by atoms with van der Waals surface area (Å²) in [6, 6.07) is 0. The average molecular weight is 186 g/mol. The Morgan fingerprint density at radius 3 is 2.85 bits per heavy atom. The number of carbonyl (C=O) groups excluding carboxylic acids is 1. The molecule has 1 saturated heterocycles. The summed E-state index contributed by atoms with van der Waals surface area (Å²) >= 11 is 0. The van der Waals surface area contributed by atoms with Crippen molar-refractivity contribution in [3.8, 4) is 0 Å². The Kier molecular flexibility index (Phi) is 4.18. The van der Waals surface area contributed by atoms with E-state index in [9.17, 15) is 4.79 Å². The lowest BCUT2D eigenvalue weighted by molar-refractivity contribution is -0.126. The molecule has 76 valence electrons. The van der Waals surface area contributed by atoms with E-state index in [1.807, 2.05) is 6.92 Å². The molecule has 4 heteroatoms. The Morgan fingerprint density at radius 2 is 2.38 bits per heavy atom. The van der Waals surface area contributed by atoms with Crippen molar-refractivity contribution < 1.29 is 9.90 Å². The van der Waals surface area contributed by atoms with Crippen molar-refractivity contribution in [3.05, 3.63) is 0 Å². The van der Waals surface area contributed by atoms with Gasteiger partial charge in [0.15, 0.2) is 0 Å². The van der Waals surface area contributed by atoms with E-state index in [2.05, 4.69) is 10.6 Å². The van der Waals surface area contributed by atoms with Crippen LogP contribution in [0.2, 0.25) is 0 Å². The van der Waals surface area contributed by atoms with Crippen LogP contribution in [-0.2, 0) is 4.79 Å². The molecule has 1 fully saturated rings. The van der Waals surface area contributed by atoms with Crippen molar-refractivity contribution in [2.45, 2.75) is 13.3 Å². The SMILES string of the molecule is CC(C(=O)NCCCO)C1CNC1. The number of hydrogen-bond acceptors (Lipinski definition) is 3. The number of amides is 1. The van der Waals surface area contributed by atoms with E-state index >= 15 is 0 Å². The molecule has 0 spiro atoms. The fourth-order valence-electron chi connectivity index (χ4n) is 1.33. The van der Waals surface area contributed by atoms with Crippen molar-refractivity contribution in [1.82, 2.24) is 10.6 Å². The van der Waals surface area contributed by atoms with Crippen LogP contribution in [0.4, 0.5) is 0 Å². The van der Waals surface area contributed by atoms with Gasteiger partial charge in [-0.2, -0.15) is 0 Å². The number of rotatable bonds is 5. The van der Waals surface area contributed by atoms with Crippen LogP contribution in [0, 0.1) is 11.8 Å². The summed E-state index contributed by atoms with van der Waals surface area (Å²) in [5.41, 5.74) is 0. The predicted molar refractivity (Wildman–Crippen MR) is 50.2 cm³/mol. The number of hydrogen-bond donors (Lipinski definition) is 3. The van der Waals surface area contributed by atoms with Gasteiger partial charge in [-0.25, -0.2) is 0 Å². The molecule has 0 saturated carbocycles. The third-order valence-corrected chi connectivity index (χ3v) is 2.57. The first-order chi connectivity index (χ1) is 6.25. The molecule has 1 heterocycles. The molecule has 0 bridgehead atoms. The van der Waals surface area contributed by atoms with Crippen molar-refractivity contribution >= 4 is 5.91 Å². The molecule has 3 N–H and O–H groups in total. The van der Waals surface area contributed by atoms with E-state index in [1.54, 1.807) is 0 Å². The zero-order chi connectivity index (χ0) is 9.68. The third-order valence-electron chi connectivity index (χ3n) is 2.57. The van der Waals surface area contributed by atoms with Gasteiger partial charge in [0.2, 0.25) is 5.91 Å². The summed E-state index contributed by atoms with van der Waals surface area (Å²) < 4.78 is 0. The van der Waals surface area contributed by atoms with E-state index < -0.39 is 0 Å². The molecule has 13 heavy (non-hydrogen) atoms. The van der Waals surface area contributed by atoms with Gasteiger partial charge in [-0.3, -0.25) is 4.79 Å². The fourth-order valence-corrected chi connectivity index (χ4v) is 1.33. The normalized spacial score (nSPS) is 19.2. The Labute approximate surface area is 78.7 Å². The highest BCUT2D eigenvalue weighted by molar-refractivity contribution is 5.78. The van der Waals surface area contributed by atoms with E-state index in [0.717, 1.165) is 13.1 Å². The first-order valence-electron chi connectivity index (χ1n) is 4.85. The van der Waals surface area contributed by atoms with Gasteiger partial charge >= 0.3 is 0 Å². The number of carbonyl (C=O) groups is 1. The molecular weight excluding hydrogens is 168 g/mol. The first-order valence-corrected chi connectivity index (χ1v) is 4.85. The molecule has 0 aromatic heterocycles. The minimum absolute atomic E-state index is 0.0972. The Hall–Kier alpha value is -0.610. The lowest BCUT2D eigenvalue weighted by Crippen LogP contribution is -2.49. The van der Waals surface area contributed by atoms with Gasteiger partial charge in [0.05, 0.1) is 0 Å². The van der Waals surface area contributed by atoms with E-state index in [-0.39, 0.29) is 18.4 Å². The van der Waals surface area contributed by atoms with Gasteiger partial charge in [-0.15, -0.1) is 0 Å². The van der Waals surface area contributed by atoms with Gasteiger partial charge in [-0.1, -0.05) is 6.92 Å². The van der Waals surface area contributed by atoms with Crippen LogP contribution >= 0.6 is 0 Å². The molecule has 1 unspecified atom stereocenters. The van der Waals surface area contributed by atoms with Crippen LogP contribution in [0.3, 0.4) is 0 Å². The average Bonchev–Trinajstić information content (AvgIpc) is 2.01. The Bertz CT molecular complexity index is 169. The summed E-state index contributed by atoms with van der Waals surface area (Å²) in [6.45, 7) is 4.59. The number of nitrogens with one attached hydrogen (secondary N) is 2. The zero-order valence-corrected chi connectivity index (χ0v) is 8.05. The lowest BCUT2D eigenvalue weighted by Gasteiger charge is -2.31. The van der Waals surface area contributed by atoms with Crippen molar-refractivity contribution in [1.29, 1.82) is 0 Å². The minimum atomic E-state index is 0.0972. The molecule has 1 aliphatic rings. The first kappa shape index (κ1) is 10.5. The van der Waals surface area contributed by atoms with Gasteiger partial charge in [0.1, 0.15) is 0 Å². The van der Waals surface area contributed by atoms with E-state index in [1.165, 1.54) is 0 Å². The molecule has 1 aliphatic heterocycles. The second kappa shape index (κ2) is 5.19. The molecule has 0 radical (unpaired) electrons. The summed E-state index contributed by atoms with van der Waals surface area (Å²) in [7, 11) is 0. The summed E-state index contributed by atoms with van der Waals surface area (Å²) in [5.74, 6) is 0.703. The molecule has 0 aromatic rings. The van der Waals surface area contributed by atoms with Crippen molar-refractivity contribution in [2.24, 2.45) is 11.8 Å². The van der Waals surface area contributed by atoms with E-state index in [4.69, 9.17) is 5.11 Å². The second-order valence-electron chi connectivity index (χ2n) is 3.58. The highest BCUT2D eigenvalue weighted by Crippen LogP contribution is 2.15. The smallest absolute Gasteiger partial charge is 0.223 e. The Balaban J connectivity index is 2.13. The quantitative estimate of drug-likeness (QED) is 0.500. The highest BCUT2D eigenvalue weighted by Gasteiger charge is 2.28. The molecule has 1 atom stereocenters. The van der Waals surface area contributed by atoms with Gasteiger partial charge in [0.25, 0.3) is 0 Å². The molecule has 0 aromatic carbocycles. The molecule has 0 aliphatic carbocycles. The monoisotopic (exact) mass is 186 g/mol. The third kappa shape index (κ3) is 2.97. The minimum Gasteiger partial charge on any atom is -0.396 e. The van der Waals surface area contributed by atoms with Crippen LogP contribution in [0.25, 0.3) is 0 Å². The fraction of sp³-hybridized carbons (Fsp3) is 0.889. The number of aliphatic hydroxyl groups is 1. The maximum atomic E-state index is 11.4. The van der Waals surface area contributed by atoms with Gasteiger partial charge < -0.3 is 15.7 Å². The van der Waals surface area contributed by atoms with Crippen LogP contribution in [-0.4, -0.2) is 37.3 Å². The molecule has 4 nitrogen and oxygen atoms in total. The standard InChI is InChI=1S/C9H18N2O2/c1-7(8-5-10-6-8)9(13)11-3-2-4-12/h7-8,10,12H,2-6H2,1H3,(H,11,13). The largest absolute Gasteiger partial charge is 0.396 e. The summed E-state index contributed by atoms with van der Waals surface area (Å²) in [6.07, 6.45) is 0.640. The number of aliphatic hydroxyl groups excluding tert-OH is 1. The second-order valence-corrected chi connectivity index (χ2v) is 3.58. The lowest BCUT2D eigenvalue weighted by atomic mass is 9.88. The van der Waals surface area contributed by atoms with Gasteiger partial charge in [0, 0.05) is 19.1 Å². The molecule has 1 amide bonds.